The van der Waals surface area contributed by atoms with Crippen LogP contribution in [0.5, 0.6) is 5.75 Å². The van der Waals surface area contributed by atoms with Gasteiger partial charge in [0.1, 0.15) is 18.7 Å². The molecule has 3 aromatic rings. The van der Waals surface area contributed by atoms with Crippen molar-refractivity contribution in [3.8, 4) is 5.75 Å². The highest BCUT2D eigenvalue weighted by Gasteiger charge is 2.24. The molecule has 0 amide bonds. The van der Waals surface area contributed by atoms with Gasteiger partial charge < -0.3 is 9.64 Å². The third kappa shape index (κ3) is 5.84. The van der Waals surface area contributed by atoms with Crippen molar-refractivity contribution in [3.63, 3.8) is 0 Å². The third-order valence-electron chi connectivity index (χ3n) is 5.70. The summed E-state index contributed by atoms with van der Waals surface area (Å²) in [6.07, 6.45) is 9.25. The Labute approximate surface area is 198 Å². The normalized spacial score (nSPS) is 14.3. The predicted molar refractivity (Wildman–Crippen MR) is 132 cm³/mol. The first-order valence-corrected chi connectivity index (χ1v) is 12.1. The van der Waals surface area contributed by atoms with Crippen molar-refractivity contribution >= 4 is 29.3 Å². The minimum atomic E-state index is 0.427. The summed E-state index contributed by atoms with van der Waals surface area (Å²) < 4.78 is 5.89. The number of hydrazine groups is 2. The number of benzene rings is 1. The maximum atomic E-state index is 7.32. The second-order valence-electron chi connectivity index (χ2n) is 7.99. The van der Waals surface area contributed by atoms with Crippen molar-refractivity contribution < 1.29 is 4.74 Å². The van der Waals surface area contributed by atoms with Crippen molar-refractivity contribution in [1.29, 1.82) is 5.41 Å². The Morgan fingerprint density at radius 1 is 1.24 bits per heavy atom. The molecule has 9 nitrogen and oxygen atoms in total. The Kier molecular flexibility index (Phi) is 7.82. The molecular weight excluding hydrogens is 436 g/mol. The average Bonchev–Trinajstić information content (AvgIpc) is 3.34. The molecule has 0 saturated carbocycles. The van der Waals surface area contributed by atoms with E-state index in [1.807, 2.05) is 36.7 Å². The summed E-state index contributed by atoms with van der Waals surface area (Å²) in [5.41, 5.74) is 5.33. The van der Waals surface area contributed by atoms with Crippen molar-refractivity contribution in [2.45, 2.75) is 45.1 Å². The van der Waals surface area contributed by atoms with Crippen LogP contribution in [-0.2, 0) is 13.0 Å². The molecule has 1 aromatic carbocycles. The largest absolute Gasteiger partial charge is 0.487 e. The van der Waals surface area contributed by atoms with Gasteiger partial charge in [0.2, 0.25) is 5.95 Å². The van der Waals surface area contributed by atoms with Crippen molar-refractivity contribution in [2.24, 2.45) is 5.84 Å². The summed E-state index contributed by atoms with van der Waals surface area (Å²) in [5.74, 6) is 7.43. The van der Waals surface area contributed by atoms with Crippen LogP contribution in [0.3, 0.4) is 0 Å². The van der Waals surface area contributed by atoms with Gasteiger partial charge in [-0.25, -0.2) is 15.0 Å². The quantitative estimate of drug-likeness (QED) is 0.179. The van der Waals surface area contributed by atoms with Crippen LogP contribution in [0.4, 0.5) is 11.6 Å². The third-order valence-corrected chi connectivity index (χ3v) is 6.75. The fraction of sp³-hybridized carbons (Fsp3) is 0.391. The number of ether oxygens (including phenoxy) is 1. The van der Waals surface area contributed by atoms with E-state index in [4.69, 9.17) is 21.0 Å². The highest BCUT2D eigenvalue weighted by molar-refractivity contribution is 7.09. The van der Waals surface area contributed by atoms with Gasteiger partial charge in [-0.1, -0.05) is 13.3 Å². The van der Waals surface area contributed by atoms with Gasteiger partial charge >= 0.3 is 0 Å². The minimum absolute atomic E-state index is 0.427. The zero-order valence-corrected chi connectivity index (χ0v) is 19.6. The summed E-state index contributed by atoms with van der Waals surface area (Å²) in [5, 5.41) is 12.0. The molecule has 10 heteroatoms. The van der Waals surface area contributed by atoms with E-state index in [2.05, 4.69) is 32.7 Å². The first-order chi connectivity index (χ1) is 16.2. The molecule has 1 saturated heterocycles. The zero-order valence-electron chi connectivity index (χ0n) is 18.8. The number of thiazole rings is 1. The summed E-state index contributed by atoms with van der Waals surface area (Å²) in [7, 11) is 0. The maximum absolute atomic E-state index is 7.32. The summed E-state index contributed by atoms with van der Waals surface area (Å²) in [4.78, 5) is 16.2. The maximum Gasteiger partial charge on any atom is 0.225 e. The van der Waals surface area contributed by atoms with Crippen LogP contribution >= 0.6 is 11.3 Å². The molecule has 1 aliphatic heterocycles. The molecule has 174 valence electrons. The van der Waals surface area contributed by atoms with Crippen LogP contribution in [0.2, 0.25) is 0 Å². The Bertz CT molecular complexity index is 1020. The number of aryl methyl sites for hydroxylation is 1. The van der Waals surface area contributed by atoms with Crippen molar-refractivity contribution in [2.75, 3.05) is 23.0 Å². The molecule has 0 unspecified atom stereocenters. The van der Waals surface area contributed by atoms with Gasteiger partial charge in [0.05, 0.1) is 16.4 Å². The second-order valence-corrected chi connectivity index (χ2v) is 8.88. The lowest BCUT2D eigenvalue weighted by molar-refractivity contribution is 0.301. The first kappa shape index (κ1) is 23.1. The van der Waals surface area contributed by atoms with E-state index >= 15 is 0 Å². The zero-order chi connectivity index (χ0) is 23.0. The number of nitrogens with one attached hydrogen (secondary N) is 2. The fourth-order valence-electron chi connectivity index (χ4n) is 3.88. The molecular formula is C23H30N8OS. The Morgan fingerprint density at radius 2 is 1.97 bits per heavy atom. The van der Waals surface area contributed by atoms with Crippen molar-refractivity contribution in [1.82, 2.24) is 20.5 Å². The number of piperidine rings is 1. The Morgan fingerprint density at radius 3 is 2.61 bits per heavy atom. The topological polar surface area (TPSA) is 116 Å². The van der Waals surface area contributed by atoms with Gasteiger partial charge in [-0.15, -0.1) is 11.3 Å². The summed E-state index contributed by atoms with van der Waals surface area (Å²) in [6.45, 7) is 4.48. The highest BCUT2D eigenvalue weighted by Crippen LogP contribution is 2.31. The number of anilines is 2. The van der Waals surface area contributed by atoms with Gasteiger partial charge in [0.15, 0.2) is 0 Å². The molecule has 4 N–H and O–H groups in total. The van der Waals surface area contributed by atoms with Gasteiger partial charge in [-0.05, 0) is 49.1 Å². The van der Waals surface area contributed by atoms with Crippen LogP contribution < -0.4 is 26.0 Å². The van der Waals surface area contributed by atoms with Crippen molar-refractivity contribution in [3.05, 3.63) is 58.3 Å². The van der Waals surface area contributed by atoms with E-state index in [0.29, 0.717) is 12.5 Å². The number of aromatic nitrogens is 3. The van der Waals surface area contributed by atoms with Crippen LogP contribution in [0, 0.1) is 5.41 Å². The van der Waals surface area contributed by atoms with E-state index in [9.17, 15) is 0 Å². The standard InChI is InChI=1S/C23H30N8OS/c1-2-3-17-12-26-23(27-13-17)30-10-8-18(9-11-30)22-28-19(15-33-22)14-32-21-6-4-20(5-7-21)31(16-24)29-25/h4-7,12-13,15-16,18,24,29H,2-3,8-11,14,25H2,1H3. The molecule has 3 heterocycles. The Hall–Kier alpha value is -3.08. The fourth-order valence-corrected chi connectivity index (χ4v) is 4.85. The molecule has 0 spiro atoms. The summed E-state index contributed by atoms with van der Waals surface area (Å²) in [6, 6.07) is 7.37. The molecule has 33 heavy (non-hydrogen) atoms. The van der Waals surface area contributed by atoms with Gasteiger partial charge in [-0.3, -0.25) is 16.3 Å². The molecule has 0 bridgehead atoms. The molecule has 0 atom stereocenters. The van der Waals surface area contributed by atoms with Gasteiger partial charge in [-0.2, -0.15) is 5.53 Å². The lowest BCUT2D eigenvalue weighted by atomic mass is 9.98. The van der Waals surface area contributed by atoms with E-state index in [1.54, 1.807) is 11.3 Å². The second kappa shape index (κ2) is 11.2. The van der Waals surface area contributed by atoms with Gasteiger partial charge in [0, 0.05) is 36.8 Å². The predicted octanol–water partition coefficient (Wildman–Crippen LogP) is 3.64. The first-order valence-electron chi connectivity index (χ1n) is 11.2. The van der Waals surface area contributed by atoms with Crippen LogP contribution in [0.25, 0.3) is 0 Å². The van der Waals surface area contributed by atoms with E-state index in [1.165, 1.54) is 15.6 Å². The molecule has 4 rings (SSSR count). The highest BCUT2D eigenvalue weighted by atomic mass is 32.1. The van der Waals surface area contributed by atoms with E-state index < -0.39 is 0 Å². The van der Waals surface area contributed by atoms with Gasteiger partial charge in [0.25, 0.3) is 0 Å². The number of nitrogens with zero attached hydrogens (tertiary/aromatic N) is 5. The lowest BCUT2D eigenvalue weighted by Crippen LogP contribution is -2.41. The lowest BCUT2D eigenvalue weighted by Gasteiger charge is -2.31. The average molecular weight is 467 g/mol. The minimum Gasteiger partial charge on any atom is -0.487 e. The smallest absolute Gasteiger partial charge is 0.225 e. The molecule has 0 aliphatic carbocycles. The molecule has 1 fully saturated rings. The number of hydrogen-bond acceptors (Lipinski definition) is 9. The monoisotopic (exact) mass is 466 g/mol. The van der Waals surface area contributed by atoms with Crippen LogP contribution in [0.1, 0.15) is 48.4 Å². The number of hydrogen-bond donors (Lipinski definition) is 3. The molecule has 1 aliphatic rings. The number of rotatable bonds is 10. The Balaban J connectivity index is 1.27. The number of nitrogens with two attached hydrogens (primary N) is 1. The van der Waals surface area contributed by atoms with Crippen LogP contribution in [-0.4, -0.2) is 34.4 Å². The van der Waals surface area contributed by atoms with Crippen LogP contribution in [0.15, 0.2) is 42.0 Å². The molecule has 2 aromatic heterocycles. The molecule has 0 radical (unpaired) electrons. The SMILES string of the molecule is CCCc1cnc(N2CCC(c3nc(COc4ccc(N(C=N)NN)cc4)cs3)CC2)nc1. The summed E-state index contributed by atoms with van der Waals surface area (Å²) >= 11 is 1.71. The van der Waals surface area contributed by atoms with E-state index in [-0.39, 0.29) is 0 Å². The van der Waals surface area contributed by atoms with E-state index in [0.717, 1.165) is 68.2 Å².